The maximum Gasteiger partial charge on any atom is 0.414 e. The van der Waals surface area contributed by atoms with Crippen molar-refractivity contribution in [1.29, 1.82) is 0 Å². The van der Waals surface area contributed by atoms with Crippen LogP contribution in [0.15, 0.2) is 24.3 Å². The predicted octanol–water partition coefficient (Wildman–Crippen LogP) is 1.21. The lowest BCUT2D eigenvalue weighted by molar-refractivity contribution is -0.119. The van der Waals surface area contributed by atoms with Gasteiger partial charge in [-0.05, 0) is 24.3 Å². The molecule has 108 valence electrons. The summed E-state index contributed by atoms with van der Waals surface area (Å²) in [5.74, 6) is -0.130. The molecule has 1 aliphatic heterocycles. The third-order valence-electron chi connectivity index (χ3n) is 3.13. The molecule has 0 saturated carbocycles. The fraction of sp³-hybridized carbons (Fsp3) is 0.429. The van der Waals surface area contributed by atoms with E-state index in [9.17, 15) is 9.59 Å². The van der Waals surface area contributed by atoms with Gasteiger partial charge in [0.05, 0.1) is 13.1 Å². The number of rotatable bonds is 4. The summed E-state index contributed by atoms with van der Waals surface area (Å²) in [5.41, 5.74) is 1.86. The zero-order chi connectivity index (χ0) is 14.7. The molecule has 0 aromatic heterocycles. The lowest BCUT2D eigenvalue weighted by Gasteiger charge is -2.16. The smallest absolute Gasteiger partial charge is 0.414 e. The molecule has 1 atom stereocenters. The van der Waals surface area contributed by atoms with E-state index < -0.39 is 0 Å². The number of nitrogens with one attached hydrogen (secondary N) is 1. The second kappa shape index (κ2) is 5.81. The number of hydrogen-bond donors (Lipinski definition) is 1. The summed E-state index contributed by atoms with van der Waals surface area (Å²) >= 11 is 0. The number of amides is 2. The first kappa shape index (κ1) is 14.2. The first-order valence-corrected chi connectivity index (χ1v) is 6.47. The van der Waals surface area contributed by atoms with E-state index in [0.717, 1.165) is 11.4 Å². The zero-order valence-corrected chi connectivity index (χ0v) is 11.9. The Bertz CT molecular complexity index is 499. The van der Waals surface area contributed by atoms with Crippen molar-refractivity contribution in [3.8, 4) is 0 Å². The molecule has 1 saturated heterocycles. The molecular weight excluding hydrogens is 258 g/mol. The molecule has 6 heteroatoms. The van der Waals surface area contributed by atoms with Crippen LogP contribution in [0.4, 0.5) is 16.2 Å². The lowest BCUT2D eigenvalue weighted by Crippen LogP contribution is -2.33. The largest absolute Gasteiger partial charge is 0.442 e. The van der Waals surface area contributed by atoms with Crippen molar-refractivity contribution in [3.63, 3.8) is 0 Å². The van der Waals surface area contributed by atoms with Crippen LogP contribution in [0.2, 0.25) is 0 Å². The summed E-state index contributed by atoms with van der Waals surface area (Å²) in [7, 11) is 3.92. The van der Waals surface area contributed by atoms with Crippen LogP contribution in [0.25, 0.3) is 0 Å². The van der Waals surface area contributed by atoms with E-state index in [4.69, 9.17) is 4.74 Å². The fourth-order valence-corrected chi connectivity index (χ4v) is 2.03. The normalized spacial score (nSPS) is 17.9. The highest BCUT2D eigenvalue weighted by atomic mass is 16.6. The third kappa shape index (κ3) is 3.20. The topological polar surface area (TPSA) is 61.9 Å². The van der Waals surface area contributed by atoms with Crippen LogP contribution < -0.4 is 15.1 Å². The van der Waals surface area contributed by atoms with E-state index in [1.54, 1.807) is 4.90 Å². The van der Waals surface area contributed by atoms with Crippen LogP contribution >= 0.6 is 0 Å². The van der Waals surface area contributed by atoms with E-state index >= 15 is 0 Å². The van der Waals surface area contributed by atoms with Crippen molar-refractivity contribution < 1.29 is 14.3 Å². The Morgan fingerprint density at radius 2 is 2.05 bits per heavy atom. The third-order valence-corrected chi connectivity index (χ3v) is 3.13. The Hall–Kier alpha value is -2.24. The average molecular weight is 277 g/mol. The molecule has 0 spiro atoms. The van der Waals surface area contributed by atoms with Gasteiger partial charge in [0.2, 0.25) is 5.91 Å². The number of carbonyl (C=O) groups is 2. The second-order valence-corrected chi connectivity index (χ2v) is 4.96. The first-order valence-electron chi connectivity index (χ1n) is 6.47. The van der Waals surface area contributed by atoms with Crippen LogP contribution in [0.5, 0.6) is 0 Å². The van der Waals surface area contributed by atoms with Gasteiger partial charge in [-0.15, -0.1) is 0 Å². The van der Waals surface area contributed by atoms with Gasteiger partial charge in [-0.3, -0.25) is 9.69 Å². The van der Waals surface area contributed by atoms with Gasteiger partial charge in [0.1, 0.15) is 6.10 Å². The Labute approximate surface area is 118 Å². The monoisotopic (exact) mass is 277 g/mol. The minimum atomic E-state index is -0.377. The van der Waals surface area contributed by atoms with Crippen LogP contribution in [-0.2, 0) is 9.53 Å². The summed E-state index contributed by atoms with van der Waals surface area (Å²) < 4.78 is 5.22. The lowest BCUT2D eigenvalue weighted by atomic mass is 10.2. The van der Waals surface area contributed by atoms with Crippen molar-refractivity contribution in [2.45, 2.75) is 13.0 Å². The molecule has 1 heterocycles. The van der Waals surface area contributed by atoms with Gasteiger partial charge in [0.15, 0.2) is 0 Å². The number of hydrogen-bond acceptors (Lipinski definition) is 4. The number of cyclic esters (lactones) is 1. The Morgan fingerprint density at radius 1 is 1.40 bits per heavy atom. The van der Waals surface area contributed by atoms with Crippen molar-refractivity contribution in [1.82, 2.24) is 5.32 Å². The van der Waals surface area contributed by atoms with Crippen molar-refractivity contribution in [2.75, 3.05) is 37.0 Å². The van der Waals surface area contributed by atoms with Crippen molar-refractivity contribution >= 4 is 23.4 Å². The average Bonchev–Trinajstić information content (AvgIpc) is 2.78. The molecular formula is C14H19N3O3. The number of benzene rings is 1. The van der Waals surface area contributed by atoms with Gasteiger partial charge in [-0.25, -0.2) is 4.79 Å². The number of carbonyl (C=O) groups excluding carboxylic acids is 2. The Balaban J connectivity index is 2.02. The van der Waals surface area contributed by atoms with Crippen molar-refractivity contribution in [3.05, 3.63) is 24.3 Å². The van der Waals surface area contributed by atoms with Crippen LogP contribution in [-0.4, -0.2) is 45.3 Å². The molecule has 6 nitrogen and oxygen atoms in total. The molecule has 20 heavy (non-hydrogen) atoms. The Kier molecular flexibility index (Phi) is 4.12. The maximum absolute atomic E-state index is 11.8. The summed E-state index contributed by atoms with van der Waals surface area (Å²) in [4.78, 5) is 26.3. The van der Waals surface area contributed by atoms with Gasteiger partial charge in [-0.2, -0.15) is 0 Å². The molecule has 0 radical (unpaired) electrons. The first-order chi connectivity index (χ1) is 9.47. The van der Waals surface area contributed by atoms with Gasteiger partial charge < -0.3 is 15.0 Å². The molecule has 0 bridgehead atoms. The van der Waals surface area contributed by atoms with Gasteiger partial charge in [0.25, 0.3) is 0 Å². The molecule has 1 N–H and O–H groups in total. The molecule has 1 aliphatic rings. The SMILES string of the molecule is CC(=O)NC[C@H]1CN(c2ccc(N(C)C)cc2)C(=O)O1. The highest BCUT2D eigenvalue weighted by Gasteiger charge is 2.32. The molecule has 1 fully saturated rings. The standard InChI is InChI=1S/C14H19N3O3/c1-10(18)15-8-13-9-17(14(19)20-13)12-6-4-11(5-7-12)16(2)3/h4-7,13H,8-9H2,1-3H3,(H,15,18)/t13-/m0/s1. The molecule has 1 aromatic carbocycles. The van der Waals surface area contributed by atoms with Gasteiger partial charge in [-0.1, -0.05) is 0 Å². The van der Waals surface area contributed by atoms with E-state index in [-0.39, 0.29) is 18.1 Å². The molecule has 0 unspecified atom stereocenters. The van der Waals surface area contributed by atoms with Crippen molar-refractivity contribution in [2.24, 2.45) is 0 Å². The Morgan fingerprint density at radius 3 is 2.60 bits per heavy atom. The molecule has 1 aromatic rings. The zero-order valence-electron chi connectivity index (χ0n) is 11.9. The predicted molar refractivity (Wildman–Crippen MR) is 77.1 cm³/mol. The summed E-state index contributed by atoms with van der Waals surface area (Å²) in [6.07, 6.45) is -0.683. The number of anilines is 2. The van der Waals surface area contributed by atoms with E-state index in [0.29, 0.717) is 13.1 Å². The van der Waals surface area contributed by atoms with E-state index in [1.807, 2.05) is 43.3 Å². The maximum atomic E-state index is 11.8. The molecule has 0 aliphatic carbocycles. The highest BCUT2D eigenvalue weighted by molar-refractivity contribution is 5.90. The summed E-state index contributed by atoms with van der Waals surface area (Å²) in [5, 5.41) is 2.65. The molecule has 2 amide bonds. The second-order valence-electron chi connectivity index (χ2n) is 4.96. The van der Waals surface area contributed by atoms with Gasteiger partial charge in [0, 0.05) is 32.4 Å². The minimum Gasteiger partial charge on any atom is -0.442 e. The van der Waals surface area contributed by atoms with E-state index in [1.165, 1.54) is 6.92 Å². The van der Waals surface area contributed by atoms with Crippen LogP contribution in [0.1, 0.15) is 6.92 Å². The highest BCUT2D eigenvalue weighted by Crippen LogP contribution is 2.24. The summed E-state index contributed by atoms with van der Waals surface area (Å²) in [6, 6.07) is 7.67. The quantitative estimate of drug-likeness (QED) is 0.898. The van der Waals surface area contributed by atoms with Gasteiger partial charge >= 0.3 is 6.09 Å². The molecule has 2 rings (SSSR count). The number of ether oxygens (including phenoxy) is 1. The van der Waals surface area contributed by atoms with Crippen LogP contribution in [0, 0.1) is 0 Å². The number of nitrogens with zero attached hydrogens (tertiary/aromatic N) is 2. The van der Waals surface area contributed by atoms with Crippen LogP contribution in [0.3, 0.4) is 0 Å². The minimum absolute atomic E-state index is 0.130. The van der Waals surface area contributed by atoms with E-state index in [2.05, 4.69) is 5.32 Å². The summed E-state index contributed by atoms with van der Waals surface area (Å²) in [6.45, 7) is 2.22. The fourth-order valence-electron chi connectivity index (χ4n) is 2.03.